The predicted octanol–water partition coefficient (Wildman–Crippen LogP) is 9.54. The Balaban J connectivity index is 5.59. The third-order valence-corrected chi connectivity index (χ3v) is 38.0. The Morgan fingerprint density at radius 3 is 0.846 bits per heavy atom. The number of hydrogen-bond donors (Lipinski definition) is 0. The Hall–Kier alpha value is 1.34. The Labute approximate surface area is 176 Å². The molecule has 0 radical (unpaired) electrons. The van der Waals surface area contributed by atoms with E-state index in [1.807, 2.05) is 0 Å². The van der Waals surface area contributed by atoms with Gasteiger partial charge in [-0.1, -0.05) is 0 Å². The van der Waals surface area contributed by atoms with Crippen molar-refractivity contribution in [3.05, 3.63) is 8.18 Å². The van der Waals surface area contributed by atoms with Gasteiger partial charge >= 0.3 is 177 Å². The molecule has 0 fully saturated rings. The van der Waals surface area contributed by atoms with E-state index in [-0.39, 0.29) is 0 Å². The summed E-state index contributed by atoms with van der Waals surface area (Å²) >= 11 is -4.11. The molecule has 0 N–H and O–H groups in total. The molecule has 0 unspecified atom stereocenters. The molecule has 156 valence electrons. The number of unbranched alkanes of at least 4 members (excludes halogenated alkanes) is 4. The maximum absolute atomic E-state index is 3.06. The van der Waals surface area contributed by atoms with Crippen LogP contribution < -0.4 is 0 Å². The van der Waals surface area contributed by atoms with Gasteiger partial charge in [-0.25, -0.2) is 0 Å². The van der Waals surface area contributed by atoms with Gasteiger partial charge in [-0.3, -0.25) is 0 Å². The topological polar surface area (TPSA) is 0 Å². The summed E-state index contributed by atoms with van der Waals surface area (Å²) in [7, 11) is 0. The molecule has 0 aliphatic rings. The second-order valence-corrected chi connectivity index (χ2v) is 35.0. The van der Waals surface area contributed by atoms with Crippen molar-refractivity contribution in [2.24, 2.45) is 0 Å². The molecule has 0 aliphatic heterocycles. The summed E-state index contributed by atoms with van der Waals surface area (Å²) in [6, 6.07) is 0. The number of rotatable bonds is 18. The minimum absolute atomic E-state index is 1.40. The molecule has 0 aromatic heterocycles. The van der Waals surface area contributed by atoms with Gasteiger partial charge in [0.15, 0.2) is 0 Å². The summed E-state index contributed by atoms with van der Waals surface area (Å²) in [5, 5.41) is 0. The zero-order valence-electron chi connectivity index (χ0n) is 19.5. The molecule has 0 aliphatic carbocycles. The average Bonchev–Trinajstić information content (AvgIpc) is 2.66. The molecular weight excluding hydrogens is 526 g/mol. The zero-order valence-corrected chi connectivity index (χ0v) is 25.2. The van der Waals surface area contributed by atoms with Crippen LogP contribution in [0.25, 0.3) is 0 Å². The summed E-state index contributed by atoms with van der Waals surface area (Å²) in [4.78, 5) is 0. The first-order valence-corrected chi connectivity index (χ1v) is 27.7. The van der Waals surface area contributed by atoms with Gasteiger partial charge in [0.25, 0.3) is 0 Å². The zero-order chi connectivity index (χ0) is 19.7. The SMILES string of the molecule is CCC[CH2][Sn]([CH]=[CH][Sn]([CH2]CC)([CH2]CCC)[CH2]CCC)([CH2]CC)[CH2]CCC. The van der Waals surface area contributed by atoms with Crippen molar-refractivity contribution in [2.45, 2.75) is 132 Å². The first-order valence-electron chi connectivity index (χ1n) is 12.3. The van der Waals surface area contributed by atoms with Crippen molar-refractivity contribution >= 4 is 36.8 Å². The van der Waals surface area contributed by atoms with E-state index in [4.69, 9.17) is 0 Å². The predicted molar refractivity (Wildman–Crippen MR) is 130 cm³/mol. The van der Waals surface area contributed by atoms with E-state index in [1.54, 1.807) is 26.6 Å². The van der Waals surface area contributed by atoms with E-state index in [1.165, 1.54) is 64.2 Å². The third kappa shape index (κ3) is 11.4. The van der Waals surface area contributed by atoms with Crippen LogP contribution in [-0.4, -0.2) is 36.8 Å². The minimum atomic E-state index is -2.06. The molecule has 0 nitrogen and oxygen atoms in total. The van der Waals surface area contributed by atoms with E-state index in [9.17, 15) is 0 Å². The van der Waals surface area contributed by atoms with Crippen molar-refractivity contribution in [1.82, 2.24) is 0 Å². The molecule has 0 bridgehead atoms. The molecule has 2 heteroatoms. The molecular formula is C24H52Sn2. The summed E-state index contributed by atoms with van der Waals surface area (Å²) in [5.74, 6) is 0. The van der Waals surface area contributed by atoms with E-state index < -0.39 is 36.8 Å². The summed E-state index contributed by atoms with van der Waals surface area (Å²) in [5.41, 5.74) is 0. The van der Waals surface area contributed by atoms with E-state index >= 15 is 0 Å². The normalized spacial score (nSPS) is 13.0. The van der Waals surface area contributed by atoms with Crippen LogP contribution in [0.15, 0.2) is 8.18 Å². The van der Waals surface area contributed by atoms with Crippen LogP contribution in [-0.2, 0) is 0 Å². The summed E-state index contributed by atoms with van der Waals surface area (Å²) in [6.07, 6.45) is 14.5. The van der Waals surface area contributed by atoms with Crippen molar-refractivity contribution < 1.29 is 0 Å². The Bertz CT molecular complexity index is 287. The van der Waals surface area contributed by atoms with Crippen molar-refractivity contribution in [2.75, 3.05) is 0 Å². The van der Waals surface area contributed by atoms with Gasteiger partial charge in [0.1, 0.15) is 0 Å². The van der Waals surface area contributed by atoms with Gasteiger partial charge < -0.3 is 0 Å². The van der Waals surface area contributed by atoms with Crippen LogP contribution in [0.4, 0.5) is 0 Å². The maximum atomic E-state index is 3.06. The van der Waals surface area contributed by atoms with Crippen molar-refractivity contribution in [1.29, 1.82) is 0 Å². The second kappa shape index (κ2) is 17.2. The van der Waals surface area contributed by atoms with Gasteiger partial charge in [0.05, 0.1) is 0 Å². The molecule has 0 rings (SSSR count). The van der Waals surface area contributed by atoms with E-state index in [0.29, 0.717) is 0 Å². The van der Waals surface area contributed by atoms with Crippen LogP contribution in [0.5, 0.6) is 0 Å². The van der Waals surface area contributed by atoms with Gasteiger partial charge in [-0.2, -0.15) is 0 Å². The molecule has 0 saturated heterocycles. The first-order chi connectivity index (χ1) is 12.6. The van der Waals surface area contributed by atoms with Gasteiger partial charge in [0.2, 0.25) is 0 Å². The Morgan fingerprint density at radius 2 is 0.654 bits per heavy atom. The standard InChI is InChI=1S/4C4H9.2C3H7.C2H2.2Sn/c4*1-3-4-2;2*1-3-2;1-2;;/h4*1,3-4H2,2H3;2*1,3H2,2H3;1-2H;;. The first kappa shape index (κ1) is 27.3. The fraction of sp³-hybridized carbons (Fsp3) is 0.917. The van der Waals surface area contributed by atoms with Gasteiger partial charge in [-0.05, 0) is 0 Å². The fourth-order valence-corrected chi connectivity index (χ4v) is 45.2. The molecule has 0 saturated carbocycles. The van der Waals surface area contributed by atoms with Crippen molar-refractivity contribution in [3.8, 4) is 0 Å². The van der Waals surface area contributed by atoms with Crippen molar-refractivity contribution in [3.63, 3.8) is 0 Å². The Morgan fingerprint density at radius 1 is 0.385 bits per heavy atom. The molecule has 26 heavy (non-hydrogen) atoms. The summed E-state index contributed by atoms with van der Waals surface area (Å²) in [6.45, 7) is 14.5. The molecule has 0 aromatic carbocycles. The average molecular weight is 578 g/mol. The third-order valence-electron chi connectivity index (χ3n) is 6.40. The van der Waals surface area contributed by atoms with E-state index in [2.05, 4.69) is 49.7 Å². The molecule has 0 spiro atoms. The molecule has 0 aromatic rings. The second-order valence-electron chi connectivity index (χ2n) is 8.97. The van der Waals surface area contributed by atoms with E-state index in [0.717, 1.165) is 0 Å². The fourth-order valence-electron chi connectivity index (χ4n) is 4.71. The molecule has 0 amide bonds. The van der Waals surface area contributed by atoms with Gasteiger partial charge in [-0.15, -0.1) is 0 Å². The monoisotopic (exact) mass is 580 g/mol. The van der Waals surface area contributed by atoms with Crippen LogP contribution in [0.1, 0.15) is 106 Å². The summed E-state index contributed by atoms with van der Waals surface area (Å²) < 4.78 is 15.9. The molecule has 0 heterocycles. The molecule has 0 atom stereocenters. The van der Waals surface area contributed by atoms with Crippen LogP contribution in [0.2, 0.25) is 26.6 Å². The van der Waals surface area contributed by atoms with Crippen LogP contribution in [0.3, 0.4) is 0 Å². The quantitative estimate of drug-likeness (QED) is 0.142. The van der Waals surface area contributed by atoms with Crippen LogP contribution in [0, 0.1) is 0 Å². The van der Waals surface area contributed by atoms with Gasteiger partial charge in [0, 0.05) is 0 Å². The number of hydrogen-bond acceptors (Lipinski definition) is 0. The van der Waals surface area contributed by atoms with Crippen LogP contribution >= 0.6 is 0 Å². The Kier molecular flexibility index (Phi) is 18.1.